The molecule has 1 aromatic heterocycles. The standard InChI is InChI=1S/C24H23N3O4/c1-14-11-20-19(22(24(29)25-20)23(28)21-12-15(2)26-31-21)13-18(14)16-3-5-17(6-4-16)27-7-9-30-10-8-27/h3-6,11-13,28H,7-10H2,1-2H3,(H,25,29). The topological polar surface area (TPSA) is 87.8 Å². The largest absolute Gasteiger partial charge is 0.504 e. The monoisotopic (exact) mass is 417 g/mol. The van der Waals surface area contributed by atoms with Crippen LogP contribution in [0.4, 0.5) is 11.4 Å². The van der Waals surface area contributed by atoms with Crippen LogP contribution >= 0.6 is 0 Å². The average molecular weight is 417 g/mol. The van der Waals surface area contributed by atoms with Crippen molar-refractivity contribution in [2.24, 2.45) is 0 Å². The molecule has 0 radical (unpaired) electrons. The van der Waals surface area contributed by atoms with Gasteiger partial charge in [-0.05, 0) is 54.8 Å². The summed E-state index contributed by atoms with van der Waals surface area (Å²) in [5.41, 5.74) is 6.40. The van der Waals surface area contributed by atoms with Crippen LogP contribution in [0.1, 0.15) is 22.6 Å². The second-order valence-corrected chi connectivity index (χ2v) is 7.87. The molecule has 7 nitrogen and oxygen atoms in total. The van der Waals surface area contributed by atoms with Gasteiger partial charge in [0, 0.05) is 36.1 Å². The van der Waals surface area contributed by atoms with E-state index in [1.165, 1.54) is 5.69 Å². The summed E-state index contributed by atoms with van der Waals surface area (Å²) in [5.74, 6) is -0.400. The van der Waals surface area contributed by atoms with Crippen molar-refractivity contribution in [3.63, 3.8) is 0 Å². The van der Waals surface area contributed by atoms with Crippen LogP contribution in [-0.4, -0.2) is 42.5 Å². The molecule has 0 saturated carbocycles. The molecule has 3 heterocycles. The fourth-order valence-electron chi connectivity index (χ4n) is 4.14. The number of ether oxygens (including phenoxy) is 1. The van der Waals surface area contributed by atoms with E-state index in [9.17, 15) is 9.90 Å². The van der Waals surface area contributed by atoms with Gasteiger partial charge in [0.2, 0.25) is 5.76 Å². The lowest BCUT2D eigenvalue weighted by Crippen LogP contribution is -2.36. The van der Waals surface area contributed by atoms with Crippen LogP contribution in [0.25, 0.3) is 22.5 Å². The van der Waals surface area contributed by atoms with Crippen LogP contribution in [0.2, 0.25) is 0 Å². The first-order chi connectivity index (χ1) is 15.0. The third kappa shape index (κ3) is 3.47. The number of aromatic nitrogens is 1. The molecule has 0 bridgehead atoms. The van der Waals surface area contributed by atoms with Crippen LogP contribution in [-0.2, 0) is 9.53 Å². The van der Waals surface area contributed by atoms with Crippen molar-refractivity contribution in [1.29, 1.82) is 0 Å². The molecule has 7 heteroatoms. The number of aliphatic hydroxyl groups excluding tert-OH is 1. The lowest BCUT2D eigenvalue weighted by molar-refractivity contribution is -0.110. The van der Waals surface area contributed by atoms with Gasteiger partial charge in [0.05, 0.1) is 24.5 Å². The van der Waals surface area contributed by atoms with Crippen molar-refractivity contribution in [2.75, 3.05) is 36.5 Å². The zero-order valence-electron chi connectivity index (χ0n) is 17.4. The van der Waals surface area contributed by atoms with E-state index < -0.39 is 0 Å². The number of rotatable bonds is 3. The number of aliphatic hydroxyl groups is 1. The van der Waals surface area contributed by atoms with Gasteiger partial charge < -0.3 is 24.6 Å². The lowest BCUT2D eigenvalue weighted by Gasteiger charge is -2.29. The minimum Gasteiger partial charge on any atom is -0.504 e. The number of nitrogens with one attached hydrogen (secondary N) is 1. The summed E-state index contributed by atoms with van der Waals surface area (Å²) >= 11 is 0. The Morgan fingerprint density at radius 1 is 1.06 bits per heavy atom. The highest BCUT2D eigenvalue weighted by atomic mass is 16.5. The van der Waals surface area contributed by atoms with E-state index >= 15 is 0 Å². The normalized spacial score (nSPS) is 17.5. The smallest absolute Gasteiger partial charge is 0.260 e. The molecule has 2 N–H and O–H groups in total. The fraction of sp³-hybridized carbons (Fsp3) is 0.250. The maximum Gasteiger partial charge on any atom is 0.260 e. The Hall–Kier alpha value is -3.58. The SMILES string of the molecule is Cc1cc(C(O)=C2C(=O)Nc3cc(C)c(-c4ccc(N5CCOCC5)cc4)cc32)on1. The van der Waals surface area contributed by atoms with Gasteiger partial charge in [-0.15, -0.1) is 0 Å². The van der Waals surface area contributed by atoms with E-state index in [4.69, 9.17) is 9.26 Å². The van der Waals surface area contributed by atoms with Gasteiger partial charge in [-0.1, -0.05) is 17.3 Å². The Balaban J connectivity index is 1.54. The van der Waals surface area contributed by atoms with Gasteiger partial charge in [-0.2, -0.15) is 0 Å². The summed E-state index contributed by atoms with van der Waals surface area (Å²) in [6, 6.07) is 13.9. The molecular weight excluding hydrogens is 394 g/mol. The molecule has 3 aromatic rings. The third-order valence-corrected chi connectivity index (χ3v) is 5.76. The van der Waals surface area contributed by atoms with Crippen molar-refractivity contribution >= 4 is 28.6 Å². The first-order valence-electron chi connectivity index (χ1n) is 10.3. The predicted molar refractivity (Wildman–Crippen MR) is 119 cm³/mol. The molecule has 0 aliphatic carbocycles. The highest BCUT2D eigenvalue weighted by Gasteiger charge is 2.30. The third-order valence-electron chi connectivity index (χ3n) is 5.76. The molecule has 5 rings (SSSR count). The lowest BCUT2D eigenvalue weighted by atomic mass is 9.94. The number of aryl methyl sites for hydroxylation is 2. The van der Waals surface area contributed by atoms with E-state index in [2.05, 4.69) is 39.6 Å². The molecule has 2 aliphatic heterocycles. The quantitative estimate of drug-likeness (QED) is 0.491. The summed E-state index contributed by atoms with van der Waals surface area (Å²) in [4.78, 5) is 14.9. The molecule has 0 atom stereocenters. The zero-order chi connectivity index (χ0) is 21.5. The fourth-order valence-corrected chi connectivity index (χ4v) is 4.14. The second-order valence-electron chi connectivity index (χ2n) is 7.87. The molecule has 0 unspecified atom stereocenters. The Morgan fingerprint density at radius 2 is 1.81 bits per heavy atom. The summed E-state index contributed by atoms with van der Waals surface area (Å²) < 4.78 is 10.6. The van der Waals surface area contributed by atoms with Crippen molar-refractivity contribution in [2.45, 2.75) is 13.8 Å². The highest BCUT2D eigenvalue weighted by molar-refractivity contribution is 6.36. The average Bonchev–Trinajstić information content (AvgIpc) is 3.35. The Labute approximate surface area is 179 Å². The van der Waals surface area contributed by atoms with Crippen LogP contribution < -0.4 is 10.2 Å². The van der Waals surface area contributed by atoms with E-state index in [1.54, 1.807) is 13.0 Å². The summed E-state index contributed by atoms with van der Waals surface area (Å²) in [5, 5.41) is 17.4. The molecule has 31 heavy (non-hydrogen) atoms. The molecule has 1 amide bonds. The number of carbonyl (C=O) groups is 1. The van der Waals surface area contributed by atoms with Gasteiger partial charge in [-0.3, -0.25) is 4.79 Å². The van der Waals surface area contributed by atoms with Crippen LogP contribution in [0.15, 0.2) is 47.0 Å². The zero-order valence-corrected chi connectivity index (χ0v) is 17.4. The van der Waals surface area contributed by atoms with E-state index in [0.29, 0.717) is 16.9 Å². The van der Waals surface area contributed by atoms with E-state index in [1.807, 2.05) is 19.1 Å². The minimum atomic E-state index is -0.360. The second kappa shape index (κ2) is 7.59. The Bertz CT molecular complexity index is 1190. The first kappa shape index (κ1) is 19.4. The molecule has 158 valence electrons. The number of morpholine rings is 1. The number of carbonyl (C=O) groups excluding carboxylic acids is 1. The number of nitrogens with zero attached hydrogens (tertiary/aromatic N) is 2. The maximum absolute atomic E-state index is 12.6. The van der Waals surface area contributed by atoms with Crippen molar-refractivity contribution in [1.82, 2.24) is 5.16 Å². The van der Waals surface area contributed by atoms with Gasteiger partial charge in [-0.25, -0.2) is 0 Å². The molecule has 2 aromatic carbocycles. The predicted octanol–water partition coefficient (Wildman–Crippen LogP) is 4.17. The van der Waals surface area contributed by atoms with Crippen LogP contribution in [0.5, 0.6) is 0 Å². The minimum absolute atomic E-state index is 0.174. The molecule has 0 spiro atoms. The Kier molecular flexibility index (Phi) is 4.75. The van der Waals surface area contributed by atoms with E-state index in [0.717, 1.165) is 43.0 Å². The number of fused-ring (bicyclic) bond motifs is 1. The van der Waals surface area contributed by atoms with Gasteiger partial charge in [0.15, 0.2) is 5.76 Å². The number of hydrogen-bond donors (Lipinski definition) is 2. The van der Waals surface area contributed by atoms with Crippen LogP contribution in [0.3, 0.4) is 0 Å². The van der Waals surface area contributed by atoms with Gasteiger partial charge in [0.1, 0.15) is 0 Å². The highest BCUT2D eigenvalue weighted by Crippen LogP contribution is 2.40. The van der Waals surface area contributed by atoms with E-state index in [-0.39, 0.29) is 23.0 Å². The molecule has 1 fully saturated rings. The van der Waals surface area contributed by atoms with Crippen molar-refractivity contribution in [3.05, 3.63) is 65.0 Å². The molecule has 2 aliphatic rings. The molecular formula is C24H23N3O4. The molecule has 1 saturated heterocycles. The van der Waals surface area contributed by atoms with Crippen molar-refractivity contribution in [3.8, 4) is 11.1 Å². The van der Waals surface area contributed by atoms with Crippen LogP contribution in [0, 0.1) is 13.8 Å². The van der Waals surface area contributed by atoms with Gasteiger partial charge in [0.25, 0.3) is 5.91 Å². The number of hydrogen-bond acceptors (Lipinski definition) is 6. The number of benzene rings is 2. The number of amides is 1. The summed E-state index contributed by atoms with van der Waals surface area (Å²) in [6.07, 6.45) is 0. The Morgan fingerprint density at radius 3 is 2.48 bits per heavy atom. The first-order valence-corrected chi connectivity index (χ1v) is 10.3. The summed E-state index contributed by atoms with van der Waals surface area (Å²) in [7, 11) is 0. The summed E-state index contributed by atoms with van der Waals surface area (Å²) in [6.45, 7) is 7.04. The van der Waals surface area contributed by atoms with Crippen molar-refractivity contribution < 1.29 is 19.2 Å². The van der Waals surface area contributed by atoms with Gasteiger partial charge >= 0.3 is 0 Å². The number of anilines is 2. The maximum atomic E-state index is 12.6.